The van der Waals surface area contributed by atoms with E-state index in [-0.39, 0.29) is 11.4 Å². The molecule has 1 aromatic carbocycles. The number of alkyl halides is 3. The van der Waals surface area contributed by atoms with Crippen LogP contribution in [0.1, 0.15) is 21.7 Å². The summed E-state index contributed by atoms with van der Waals surface area (Å²) in [5.41, 5.74) is -0.705. The predicted octanol–water partition coefficient (Wildman–Crippen LogP) is 3.04. The first kappa shape index (κ1) is 14.3. The third kappa shape index (κ3) is 2.90. The minimum absolute atomic E-state index is 0.00788. The van der Waals surface area contributed by atoms with E-state index in [0.29, 0.717) is 5.69 Å². The Labute approximate surface area is 116 Å². The number of aromatic amines is 1. The molecular formula is C11H8ClF3N4O. The minimum atomic E-state index is -4.60. The van der Waals surface area contributed by atoms with E-state index in [0.717, 1.165) is 12.1 Å². The van der Waals surface area contributed by atoms with Crippen LogP contribution in [0.15, 0.2) is 18.2 Å². The fourth-order valence-electron chi connectivity index (χ4n) is 1.51. The summed E-state index contributed by atoms with van der Waals surface area (Å²) in [5.74, 6) is -0.660. The molecule has 9 heteroatoms. The van der Waals surface area contributed by atoms with E-state index >= 15 is 0 Å². The first-order valence-electron chi connectivity index (χ1n) is 5.34. The number of halogens is 4. The largest absolute Gasteiger partial charge is 0.417 e. The number of amides is 1. The minimum Gasteiger partial charge on any atom is -0.321 e. The molecule has 0 spiro atoms. The average molecular weight is 305 g/mol. The van der Waals surface area contributed by atoms with E-state index in [9.17, 15) is 18.0 Å². The van der Waals surface area contributed by atoms with Gasteiger partial charge in [0.1, 0.15) is 0 Å². The van der Waals surface area contributed by atoms with Crippen molar-refractivity contribution in [3.05, 3.63) is 40.2 Å². The van der Waals surface area contributed by atoms with Crippen LogP contribution < -0.4 is 5.32 Å². The number of aryl methyl sites for hydroxylation is 1. The van der Waals surface area contributed by atoms with Gasteiger partial charge in [0, 0.05) is 5.69 Å². The maximum Gasteiger partial charge on any atom is 0.417 e. The first-order chi connectivity index (χ1) is 9.29. The number of H-pyrrole nitrogens is 1. The Morgan fingerprint density at radius 2 is 2.05 bits per heavy atom. The van der Waals surface area contributed by atoms with Crippen molar-refractivity contribution >= 4 is 23.2 Å². The highest BCUT2D eigenvalue weighted by molar-refractivity contribution is 6.31. The fourth-order valence-corrected chi connectivity index (χ4v) is 1.73. The average Bonchev–Trinajstić information content (AvgIpc) is 2.76. The van der Waals surface area contributed by atoms with Crippen LogP contribution in [0.2, 0.25) is 5.02 Å². The monoisotopic (exact) mass is 304 g/mol. The summed E-state index contributed by atoms with van der Waals surface area (Å²) < 4.78 is 38.0. The summed E-state index contributed by atoms with van der Waals surface area (Å²) in [6, 6.07) is 3.09. The second kappa shape index (κ2) is 5.12. The lowest BCUT2D eigenvalue weighted by atomic mass is 10.2. The number of hydrogen-bond acceptors (Lipinski definition) is 3. The van der Waals surface area contributed by atoms with Gasteiger partial charge in [0.05, 0.1) is 16.3 Å². The molecule has 1 heterocycles. The van der Waals surface area contributed by atoms with Crippen molar-refractivity contribution in [2.45, 2.75) is 13.1 Å². The van der Waals surface area contributed by atoms with Crippen LogP contribution in [0.25, 0.3) is 0 Å². The zero-order valence-electron chi connectivity index (χ0n) is 10.0. The van der Waals surface area contributed by atoms with Crippen molar-refractivity contribution in [3.63, 3.8) is 0 Å². The van der Waals surface area contributed by atoms with Gasteiger partial charge in [-0.05, 0) is 25.1 Å². The van der Waals surface area contributed by atoms with Gasteiger partial charge in [0.2, 0.25) is 0 Å². The Bertz CT molecular complexity index is 653. The van der Waals surface area contributed by atoms with E-state index in [4.69, 9.17) is 11.6 Å². The van der Waals surface area contributed by atoms with Crippen LogP contribution in [0, 0.1) is 6.92 Å². The van der Waals surface area contributed by atoms with Gasteiger partial charge in [-0.15, -0.1) is 0 Å². The number of nitrogens with zero attached hydrogens (tertiary/aromatic N) is 2. The molecule has 2 N–H and O–H groups in total. The van der Waals surface area contributed by atoms with Crippen LogP contribution in [0.3, 0.4) is 0 Å². The Morgan fingerprint density at radius 3 is 2.60 bits per heavy atom. The number of anilines is 1. The highest BCUT2D eigenvalue weighted by Gasteiger charge is 2.33. The van der Waals surface area contributed by atoms with E-state index < -0.39 is 22.7 Å². The van der Waals surface area contributed by atoms with Crippen molar-refractivity contribution in [1.82, 2.24) is 15.4 Å². The Balaban J connectivity index is 2.27. The first-order valence-corrected chi connectivity index (χ1v) is 5.72. The molecule has 2 rings (SSSR count). The van der Waals surface area contributed by atoms with Crippen LogP contribution in [0.5, 0.6) is 0 Å². The van der Waals surface area contributed by atoms with Crippen molar-refractivity contribution in [3.8, 4) is 0 Å². The Kier molecular flexibility index (Phi) is 3.67. The molecule has 0 aliphatic rings. The lowest BCUT2D eigenvalue weighted by Crippen LogP contribution is -2.15. The quantitative estimate of drug-likeness (QED) is 0.896. The zero-order chi connectivity index (χ0) is 14.9. The number of rotatable bonds is 2. The van der Waals surface area contributed by atoms with Gasteiger partial charge in [0.15, 0.2) is 5.69 Å². The highest BCUT2D eigenvalue weighted by atomic mass is 35.5. The van der Waals surface area contributed by atoms with Gasteiger partial charge in [-0.1, -0.05) is 11.6 Å². The van der Waals surface area contributed by atoms with Gasteiger partial charge in [0.25, 0.3) is 5.91 Å². The smallest absolute Gasteiger partial charge is 0.321 e. The number of carbonyl (C=O) groups excluding carboxylic acids is 1. The van der Waals surface area contributed by atoms with Crippen molar-refractivity contribution in [2.24, 2.45) is 0 Å². The highest BCUT2D eigenvalue weighted by Crippen LogP contribution is 2.36. The molecule has 5 nitrogen and oxygen atoms in total. The number of nitrogens with one attached hydrogen (secondary N) is 2. The lowest BCUT2D eigenvalue weighted by molar-refractivity contribution is -0.137. The summed E-state index contributed by atoms with van der Waals surface area (Å²) in [5, 5.41) is 11.4. The number of carbonyl (C=O) groups is 1. The SMILES string of the molecule is Cc1n[nH]nc1C(=O)Nc1ccc(Cl)c(C(F)(F)F)c1. The predicted molar refractivity (Wildman–Crippen MR) is 65.5 cm³/mol. The molecule has 0 atom stereocenters. The number of hydrogen-bond donors (Lipinski definition) is 2. The van der Waals surface area contributed by atoms with Gasteiger partial charge < -0.3 is 5.32 Å². The summed E-state index contributed by atoms with van der Waals surface area (Å²) >= 11 is 5.48. The number of benzene rings is 1. The van der Waals surface area contributed by atoms with Gasteiger partial charge in [-0.2, -0.15) is 28.6 Å². The maximum atomic E-state index is 12.7. The van der Waals surface area contributed by atoms with Crippen LogP contribution in [-0.2, 0) is 6.18 Å². The Hall–Kier alpha value is -2.09. The maximum absolute atomic E-state index is 12.7. The van der Waals surface area contributed by atoms with E-state index in [2.05, 4.69) is 20.7 Å². The fraction of sp³-hybridized carbons (Fsp3) is 0.182. The molecule has 2 aromatic rings. The third-order valence-electron chi connectivity index (χ3n) is 2.47. The molecule has 20 heavy (non-hydrogen) atoms. The summed E-state index contributed by atoms with van der Waals surface area (Å²) in [6.07, 6.45) is -4.60. The van der Waals surface area contributed by atoms with Gasteiger partial charge in [-0.25, -0.2) is 0 Å². The molecule has 0 saturated carbocycles. The van der Waals surface area contributed by atoms with E-state index in [1.165, 1.54) is 6.07 Å². The lowest BCUT2D eigenvalue weighted by Gasteiger charge is -2.11. The van der Waals surface area contributed by atoms with Crippen molar-refractivity contribution in [2.75, 3.05) is 5.32 Å². The second-order valence-corrected chi connectivity index (χ2v) is 4.31. The summed E-state index contributed by atoms with van der Waals surface area (Å²) in [4.78, 5) is 11.8. The van der Waals surface area contributed by atoms with Gasteiger partial charge >= 0.3 is 6.18 Å². The third-order valence-corrected chi connectivity index (χ3v) is 2.80. The molecule has 0 bridgehead atoms. The molecule has 106 valence electrons. The molecule has 0 fully saturated rings. The molecular weight excluding hydrogens is 297 g/mol. The summed E-state index contributed by atoms with van der Waals surface area (Å²) in [6.45, 7) is 1.54. The van der Waals surface area contributed by atoms with Crippen LogP contribution >= 0.6 is 11.6 Å². The molecule has 0 radical (unpaired) electrons. The number of aromatic nitrogens is 3. The zero-order valence-corrected chi connectivity index (χ0v) is 10.8. The standard InChI is InChI=1S/C11H8ClF3N4O/c1-5-9(18-19-17-5)10(20)16-6-2-3-8(12)7(4-6)11(13,14)15/h2-4H,1H3,(H,16,20)(H,17,18,19). The van der Waals surface area contributed by atoms with Gasteiger partial charge in [-0.3, -0.25) is 4.79 Å². The van der Waals surface area contributed by atoms with Crippen LogP contribution in [0.4, 0.5) is 18.9 Å². The van der Waals surface area contributed by atoms with E-state index in [1.54, 1.807) is 6.92 Å². The van der Waals surface area contributed by atoms with Crippen molar-refractivity contribution in [1.29, 1.82) is 0 Å². The molecule has 0 saturated heterocycles. The second-order valence-electron chi connectivity index (χ2n) is 3.90. The summed E-state index contributed by atoms with van der Waals surface area (Å²) in [7, 11) is 0. The molecule has 1 amide bonds. The molecule has 0 unspecified atom stereocenters. The molecule has 1 aromatic heterocycles. The molecule has 0 aliphatic carbocycles. The van der Waals surface area contributed by atoms with Crippen molar-refractivity contribution < 1.29 is 18.0 Å². The van der Waals surface area contributed by atoms with E-state index in [1.807, 2.05) is 0 Å². The normalized spacial score (nSPS) is 11.4. The van der Waals surface area contributed by atoms with Crippen LogP contribution in [-0.4, -0.2) is 21.3 Å². The Morgan fingerprint density at radius 1 is 1.35 bits per heavy atom. The topological polar surface area (TPSA) is 70.7 Å². The molecule has 0 aliphatic heterocycles.